The van der Waals surface area contributed by atoms with Crippen LogP contribution < -0.4 is 5.32 Å². The van der Waals surface area contributed by atoms with E-state index < -0.39 is 4.92 Å². The van der Waals surface area contributed by atoms with Gasteiger partial charge in [0.05, 0.1) is 16.0 Å². The maximum atomic E-state index is 10.7. The number of hydrogen-bond donors (Lipinski definition) is 1. The molecular formula is C8H8ClN3O2. The zero-order chi connectivity index (χ0) is 10.1. The Morgan fingerprint density at radius 1 is 1.71 bits per heavy atom. The van der Waals surface area contributed by atoms with Crippen molar-refractivity contribution in [2.45, 2.75) is 12.5 Å². The van der Waals surface area contributed by atoms with Crippen LogP contribution in [0.5, 0.6) is 0 Å². The number of hydrogen-bond acceptors (Lipinski definition) is 4. The first-order valence-electron chi connectivity index (χ1n) is 4.21. The molecule has 0 amide bonds. The van der Waals surface area contributed by atoms with E-state index in [1.54, 1.807) is 0 Å². The lowest BCUT2D eigenvalue weighted by Crippen LogP contribution is -2.36. The lowest BCUT2D eigenvalue weighted by Gasteiger charge is -2.26. The first-order chi connectivity index (χ1) is 6.68. The Hall–Kier alpha value is -1.20. The topological polar surface area (TPSA) is 68.1 Å². The second kappa shape index (κ2) is 3.51. The molecule has 1 aromatic rings. The van der Waals surface area contributed by atoms with Crippen molar-refractivity contribution in [2.75, 3.05) is 6.54 Å². The monoisotopic (exact) mass is 213 g/mol. The zero-order valence-corrected chi connectivity index (χ0v) is 7.99. The summed E-state index contributed by atoms with van der Waals surface area (Å²) in [4.78, 5) is 14.2. The molecule has 1 aliphatic rings. The Morgan fingerprint density at radius 2 is 2.43 bits per heavy atom. The number of halogens is 1. The summed E-state index contributed by atoms with van der Waals surface area (Å²) in [7, 11) is 0. The van der Waals surface area contributed by atoms with E-state index in [4.69, 9.17) is 11.6 Å². The van der Waals surface area contributed by atoms with Gasteiger partial charge in [0.25, 0.3) is 5.69 Å². The molecule has 0 saturated carbocycles. The van der Waals surface area contributed by atoms with Crippen LogP contribution in [0, 0.1) is 10.1 Å². The van der Waals surface area contributed by atoms with Crippen LogP contribution in [0.1, 0.15) is 18.2 Å². The molecule has 1 atom stereocenters. The second-order valence-corrected chi connectivity index (χ2v) is 3.55. The van der Waals surface area contributed by atoms with E-state index in [9.17, 15) is 10.1 Å². The lowest BCUT2D eigenvalue weighted by molar-refractivity contribution is -0.386. The molecule has 0 bridgehead atoms. The van der Waals surface area contributed by atoms with Crippen LogP contribution in [-0.4, -0.2) is 16.5 Å². The van der Waals surface area contributed by atoms with E-state index in [0.717, 1.165) is 13.0 Å². The van der Waals surface area contributed by atoms with Gasteiger partial charge in [-0.2, -0.15) is 0 Å². The van der Waals surface area contributed by atoms with Crippen molar-refractivity contribution in [3.63, 3.8) is 0 Å². The van der Waals surface area contributed by atoms with Crippen LogP contribution in [0.25, 0.3) is 0 Å². The van der Waals surface area contributed by atoms with Crippen molar-refractivity contribution in [3.8, 4) is 0 Å². The minimum Gasteiger partial charge on any atom is -0.308 e. The van der Waals surface area contributed by atoms with Crippen LogP contribution in [0.4, 0.5) is 5.69 Å². The summed E-state index contributed by atoms with van der Waals surface area (Å²) in [5, 5.41) is 14.1. The molecule has 0 aromatic carbocycles. The highest BCUT2D eigenvalue weighted by Crippen LogP contribution is 2.30. The van der Waals surface area contributed by atoms with Crippen molar-refractivity contribution in [1.29, 1.82) is 0 Å². The number of pyridine rings is 1. The van der Waals surface area contributed by atoms with E-state index in [0.29, 0.717) is 10.7 Å². The fraction of sp³-hybridized carbons (Fsp3) is 0.375. The standard InChI is InChI=1S/C8H8ClN3O2/c9-5-3-7(12(13)14)8(11-4-5)6-1-2-10-6/h3-4,6,10H,1-2H2. The molecule has 0 spiro atoms. The summed E-state index contributed by atoms with van der Waals surface area (Å²) in [6.07, 6.45) is 2.32. The highest BCUT2D eigenvalue weighted by atomic mass is 35.5. The van der Waals surface area contributed by atoms with E-state index in [-0.39, 0.29) is 11.7 Å². The van der Waals surface area contributed by atoms with Crippen LogP contribution in [-0.2, 0) is 0 Å². The lowest BCUT2D eigenvalue weighted by atomic mass is 10.0. The van der Waals surface area contributed by atoms with Gasteiger partial charge in [0.2, 0.25) is 0 Å². The fourth-order valence-corrected chi connectivity index (χ4v) is 1.53. The van der Waals surface area contributed by atoms with Crippen LogP contribution in [0.2, 0.25) is 5.02 Å². The molecule has 1 N–H and O–H groups in total. The van der Waals surface area contributed by atoms with Crippen molar-refractivity contribution in [3.05, 3.63) is 33.1 Å². The smallest absolute Gasteiger partial charge is 0.293 e. The quantitative estimate of drug-likeness (QED) is 0.600. The zero-order valence-electron chi connectivity index (χ0n) is 7.24. The van der Waals surface area contributed by atoms with E-state index in [1.165, 1.54) is 12.3 Å². The maximum Gasteiger partial charge on any atom is 0.293 e. The van der Waals surface area contributed by atoms with Crippen molar-refractivity contribution < 1.29 is 4.92 Å². The summed E-state index contributed by atoms with van der Waals surface area (Å²) in [6, 6.07) is 1.34. The number of nitro groups is 1. The summed E-state index contributed by atoms with van der Waals surface area (Å²) in [6.45, 7) is 0.881. The van der Waals surface area contributed by atoms with Gasteiger partial charge in [-0.3, -0.25) is 15.1 Å². The van der Waals surface area contributed by atoms with Crippen LogP contribution in [0.15, 0.2) is 12.3 Å². The Bertz CT molecular complexity index is 379. The molecule has 2 rings (SSSR count). The van der Waals surface area contributed by atoms with Gasteiger partial charge in [-0.05, 0) is 13.0 Å². The molecule has 6 heteroatoms. The predicted octanol–water partition coefficient (Wildman–Crippen LogP) is 1.68. The first-order valence-corrected chi connectivity index (χ1v) is 4.59. The average molecular weight is 214 g/mol. The largest absolute Gasteiger partial charge is 0.308 e. The molecule has 0 aliphatic carbocycles. The third-order valence-corrected chi connectivity index (χ3v) is 2.42. The molecule has 1 unspecified atom stereocenters. The molecule has 5 nitrogen and oxygen atoms in total. The van der Waals surface area contributed by atoms with Crippen molar-refractivity contribution >= 4 is 17.3 Å². The highest BCUT2D eigenvalue weighted by Gasteiger charge is 2.28. The molecule has 1 aromatic heterocycles. The molecule has 1 saturated heterocycles. The minimum absolute atomic E-state index is 0.00491. The molecular weight excluding hydrogens is 206 g/mol. The number of nitrogens with one attached hydrogen (secondary N) is 1. The van der Waals surface area contributed by atoms with Gasteiger partial charge >= 0.3 is 0 Å². The summed E-state index contributed by atoms with van der Waals surface area (Å²) in [5.74, 6) is 0. The molecule has 14 heavy (non-hydrogen) atoms. The molecule has 0 radical (unpaired) electrons. The Morgan fingerprint density at radius 3 is 2.93 bits per heavy atom. The number of aromatic nitrogens is 1. The normalized spacial score (nSPS) is 20.2. The van der Waals surface area contributed by atoms with E-state index in [2.05, 4.69) is 10.3 Å². The van der Waals surface area contributed by atoms with Gasteiger partial charge in [-0.1, -0.05) is 11.6 Å². The van der Waals surface area contributed by atoms with Crippen LogP contribution in [0.3, 0.4) is 0 Å². The van der Waals surface area contributed by atoms with Crippen molar-refractivity contribution in [1.82, 2.24) is 10.3 Å². The van der Waals surface area contributed by atoms with Gasteiger partial charge in [0.15, 0.2) is 0 Å². The van der Waals surface area contributed by atoms with Crippen LogP contribution >= 0.6 is 11.6 Å². The average Bonchev–Trinajstić information content (AvgIpc) is 2.04. The van der Waals surface area contributed by atoms with Gasteiger partial charge in [0, 0.05) is 12.3 Å². The summed E-state index contributed by atoms with van der Waals surface area (Å²) >= 11 is 5.64. The molecule has 1 aliphatic heterocycles. The predicted molar refractivity (Wildman–Crippen MR) is 51.3 cm³/mol. The maximum absolute atomic E-state index is 10.7. The third-order valence-electron chi connectivity index (χ3n) is 2.21. The fourth-order valence-electron chi connectivity index (χ4n) is 1.38. The summed E-state index contributed by atoms with van der Waals surface area (Å²) in [5.41, 5.74) is 0.473. The third kappa shape index (κ3) is 1.56. The Balaban J connectivity index is 2.41. The number of rotatable bonds is 2. The Kier molecular flexibility index (Phi) is 2.35. The minimum atomic E-state index is -0.450. The van der Waals surface area contributed by atoms with Gasteiger partial charge in [0.1, 0.15) is 5.69 Å². The first kappa shape index (κ1) is 9.36. The van der Waals surface area contributed by atoms with Gasteiger partial charge in [-0.25, -0.2) is 0 Å². The SMILES string of the molecule is O=[N+]([O-])c1cc(Cl)cnc1C1CCN1. The van der Waals surface area contributed by atoms with E-state index in [1.807, 2.05) is 0 Å². The highest BCUT2D eigenvalue weighted by molar-refractivity contribution is 6.30. The molecule has 74 valence electrons. The van der Waals surface area contributed by atoms with Gasteiger partial charge in [-0.15, -0.1) is 0 Å². The van der Waals surface area contributed by atoms with E-state index >= 15 is 0 Å². The molecule has 2 heterocycles. The molecule has 1 fully saturated rings. The Labute approximate surface area is 85.2 Å². The summed E-state index contributed by atoms with van der Waals surface area (Å²) < 4.78 is 0. The number of nitrogens with zero attached hydrogens (tertiary/aromatic N) is 2. The second-order valence-electron chi connectivity index (χ2n) is 3.11. The van der Waals surface area contributed by atoms with Crippen molar-refractivity contribution in [2.24, 2.45) is 0 Å². The van der Waals surface area contributed by atoms with Gasteiger partial charge < -0.3 is 5.32 Å².